The summed E-state index contributed by atoms with van der Waals surface area (Å²) in [6, 6.07) is 15.2. The van der Waals surface area contributed by atoms with Crippen LogP contribution in [-0.2, 0) is 0 Å². The predicted octanol–water partition coefficient (Wildman–Crippen LogP) is 7.06. The first-order valence-electron chi connectivity index (χ1n) is 11.7. The van der Waals surface area contributed by atoms with Gasteiger partial charge in [-0.2, -0.15) is 0 Å². The molecular weight excluding hydrogens is 443 g/mol. The van der Waals surface area contributed by atoms with E-state index < -0.39 is 0 Å². The lowest BCUT2D eigenvalue weighted by molar-refractivity contribution is 0.375. The van der Waals surface area contributed by atoms with Crippen molar-refractivity contribution in [3.8, 4) is 11.5 Å². The Labute approximate surface area is 207 Å². The monoisotopic (exact) mass is 484 g/mol. The van der Waals surface area contributed by atoms with E-state index in [0.717, 1.165) is 37.1 Å². The summed E-state index contributed by atoms with van der Waals surface area (Å²) in [7, 11) is 0. The van der Waals surface area contributed by atoms with Gasteiger partial charge in [-0.05, 0) is 61.3 Å². The molecule has 0 saturated carbocycles. The zero-order valence-electron chi connectivity index (χ0n) is 19.6. The molecular formula is C26H42Cl2N2O2. The summed E-state index contributed by atoms with van der Waals surface area (Å²) in [5.74, 6) is 0.573. The largest absolute Gasteiger partial charge is 0.508 e. The van der Waals surface area contributed by atoms with Gasteiger partial charge in [0.2, 0.25) is 0 Å². The number of nitrogens with one attached hydrogen (secondary N) is 2. The minimum atomic E-state index is 0. The van der Waals surface area contributed by atoms with Crippen LogP contribution in [0.5, 0.6) is 11.5 Å². The van der Waals surface area contributed by atoms with Gasteiger partial charge >= 0.3 is 0 Å². The van der Waals surface area contributed by atoms with Crippen LogP contribution < -0.4 is 10.6 Å². The fourth-order valence-corrected chi connectivity index (χ4v) is 3.84. The first-order valence-corrected chi connectivity index (χ1v) is 11.7. The third-order valence-electron chi connectivity index (χ3n) is 5.63. The summed E-state index contributed by atoms with van der Waals surface area (Å²) in [5.41, 5.74) is 2.31. The van der Waals surface area contributed by atoms with E-state index in [1.165, 1.54) is 38.5 Å². The van der Waals surface area contributed by atoms with Crippen LogP contribution in [0.1, 0.15) is 88.4 Å². The molecule has 2 atom stereocenters. The van der Waals surface area contributed by atoms with Crippen molar-refractivity contribution in [2.75, 3.05) is 13.1 Å². The van der Waals surface area contributed by atoms with Gasteiger partial charge in [0.05, 0.1) is 12.1 Å². The highest BCUT2D eigenvalue weighted by molar-refractivity contribution is 5.85. The van der Waals surface area contributed by atoms with Gasteiger partial charge in [-0.15, -0.1) is 24.8 Å². The minimum Gasteiger partial charge on any atom is -0.508 e. The summed E-state index contributed by atoms with van der Waals surface area (Å²) in [5, 5.41) is 27.1. The molecule has 0 aliphatic carbocycles. The molecule has 0 aromatic heterocycles. The number of hydrogen-bond donors (Lipinski definition) is 4. The number of phenols is 2. The second-order valence-electron chi connectivity index (χ2n) is 8.17. The fourth-order valence-electron chi connectivity index (χ4n) is 3.84. The fraction of sp³-hybridized carbons (Fsp3) is 0.538. The van der Waals surface area contributed by atoms with Crippen molar-refractivity contribution in [3.63, 3.8) is 0 Å². The highest BCUT2D eigenvalue weighted by atomic mass is 35.5. The number of phenolic OH excluding ortho intramolecular Hbond substituents is 2. The van der Waals surface area contributed by atoms with E-state index in [1.54, 1.807) is 24.3 Å². The normalized spacial score (nSPS) is 12.4. The summed E-state index contributed by atoms with van der Waals surface area (Å²) in [4.78, 5) is 0. The van der Waals surface area contributed by atoms with E-state index in [-0.39, 0.29) is 48.4 Å². The molecule has 4 nitrogen and oxygen atoms in total. The molecule has 0 fully saturated rings. The number of benzene rings is 2. The van der Waals surface area contributed by atoms with Crippen LogP contribution >= 0.6 is 24.8 Å². The van der Waals surface area contributed by atoms with Crippen molar-refractivity contribution in [1.82, 2.24) is 10.6 Å². The van der Waals surface area contributed by atoms with Crippen molar-refractivity contribution in [3.05, 3.63) is 59.7 Å². The quantitative estimate of drug-likeness (QED) is 0.204. The highest BCUT2D eigenvalue weighted by Crippen LogP contribution is 2.31. The molecule has 182 valence electrons. The maximum Gasteiger partial charge on any atom is 0.115 e. The maximum absolute atomic E-state index is 9.76. The van der Waals surface area contributed by atoms with Crippen molar-refractivity contribution in [2.24, 2.45) is 0 Å². The molecule has 0 aliphatic rings. The third-order valence-corrected chi connectivity index (χ3v) is 5.63. The van der Waals surface area contributed by atoms with Crippen LogP contribution in [0, 0.1) is 0 Å². The molecule has 0 spiro atoms. The highest BCUT2D eigenvalue weighted by Gasteiger charge is 2.24. The minimum absolute atomic E-state index is 0. The molecule has 32 heavy (non-hydrogen) atoms. The Morgan fingerprint density at radius 3 is 1.22 bits per heavy atom. The van der Waals surface area contributed by atoms with Gasteiger partial charge in [0.25, 0.3) is 0 Å². The van der Waals surface area contributed by atoms with Gasteiger partial charge in [0.1, 0.15) is 11.5 Å². The van der Waals surface area contributed by atoms with Gasteiger partial charge in [0, 0.05) is 0 Å². The number of unbranched alkanes of at least 4 members (excludes halogenated alkanes) is 6. The first kappa shape index (κ1) is 30.5. The number of halogens is 2. The summed E-state index contributed by atoms with van der Waals surface area (Å²) >= 11 is 0. The molecule has 2 aromatic carbocycles. The molecule has 0 bridgehead atoms. The molecule has 6 heteroatoms. The smallest absolute Gasteiger partial charge is 0.115 e. The van der Waals surface area contributed by atoms with Crippen LogP contribution in [0.15, 0.2) is 48.5 Å². The van der Waals surface area contributed by atoms with E-state index in [9.17, 15) is 10.2 Å². The molecule has 0 radical (unpaired) electrons. The lowest BCUT2D eigenvalue weighted by Crippen LogP contribution is -2.36. The van der Waals surface area contributed by atoms with Crippen molar-refractivity contribution < 1.29 is 10.2 Å². The van der Waals surface area contributed by atoms with Crippen LogP contribution in [0.3, 0.4) is 0 Å². The zero-order valence-corrected chi connectivity index (χ0v) is 21.2. The topological polar surface area (TPSA) is 64.5 Å². The molecule has 2 aromatic rings. The average Bonchev–Trinajstić information content (AvgIpc) is 2.76. The van der Waals surface area contributed by atoms with Crippen molar-refractivity contribution >= 4 is 24.8 Å². The molecule has 0 saturated heterocycles. The molecule has 2 rings (SSSR count). The van der Waals surface area contributed by atoms with Crippen LogP contribution in [0.4, 0.5) is 0 Å². The Kier molecular flexibility index (Phi) is 17.2. The average molecular weight is 486 g/mol. The Morgan fingerprint density at radius 2 is 0.906 bits per heavy atom. The third kappa shape index (κ3) is 10.9. The van der Waals surface area contributed by atoms with E-state index in [1.807, 2.05) is 24.3 Å². The Balaban J connectivity index is 0.00000480. The number of rotatable bonds is 15. The maximum atomic E-state index is 9.76. The molecule has 0 aliphatic heterocycles. The van der Waals surface area contributed by atoms with E-state index >= 15 is 0 Å². The molecule has 0 amide bonds. The predicted molar refractivity (Wildman–Crippen MR) is 140 cm³/mol. The van der Waals surface area contributed by atoms with E-state index in [2.05, 4.69) is 24.5 Å². The summed E-state index contributed by atoms with van der Waals surface area (Å²) in [6.45, 7) is 6.38. The van der Waals surface area contributed by atoms with Gasteiger partial charge < -0.3 is 20.8 Å². The van der Waals surface area contributed by atoms with Crippen molar-refractivity contribution in [1.29, 1.82) is 0 Å². The number of hydrogen-bond acceptors (Lipinski definition) is 4. The standard InChI is InChI=1S/C26H40N2O2.2ClH/c1-3-5-7-9-19-27-25(21-11-15-23(29)16-12-21)26(28-20-10-8-6-4-2)22-13-17-24(30)18-14-22;;/h11-18,25-30H,3-10,19-20H2,1-2H3;2*1H. The van der Waals surface area contributed by atoms with Crippen LogP contribution in [0.25, 0.3) is 0 Å². The van der Waals surface area contributed by atoms with Crippen molar-refractivity contribution in [2.45, 2.75) is 77.3 Å². The summed E-state index contributed by atoms with van der Waals surface area (Å²) < 4.78 is 0. The van der Waals surface area contributed by atoms with E-state index in [4.69, 9.17) is 0 Å². The summed E-state index contributed by atoms with van der Waals surface area (Å²) in [6.07, 6.45) is 9.78. The Morgan fingerprint density at radius 1 is 0.562 bits per heavy atom. The SMILES string of the molecule is CCCCCCNC(c1ccc(O)cc1)C(NCCCCCC)c1ccc(O)cc1.Cl.Cl. The van der Waals surface area contributed by atoms with Gasteiger partial charge in [-0.1, -0.05) is 76.6 Å². The lowest BCUT2D eigenvalue weighted by Gasteiger charge is -2.30. The Bertz CT molecular complexity index is 634. The molecule has 2 unspecified atom stereocenters. The van der Waals surface area contributed by atoms with Gasteiger partial charge in [-0.25, -0.2) is 0 Å². The number of aromatic hydroxyl groups is 2. The van der Waals surface area contributed by atoms with Crippen LogP contribution in [-0.4, -0.2) is 23.3 Å². The van der Waals surface area contributed by atoms with Crippen LogP contribution in [0.2, 0.25) is 0 Å². The Hall–Kier alpha value is -1.46. The zero-order chi connectivity index (χ0) is 21.6. The van der Waals surface area contributed by atoms with E-state index in [0.29, 0.717) is 0 Å². The second kappa shape index (κ2) is 18.0. The molecule has 4 N–H and O–H groups in total. The second-order valence-corrected chi connectivity index (χ2v) is 8.17. The van der Waals surface area contributed by atoms with Gasteiger partial charge in [0.15, 0.2) is 0 Å². The lowest BCUT2D eigenvalue weighted by atomic mass is 9.92. The molecule has 0 heterocycles. The van der Waals surface area contributed by atoms with Gasteiger partial charge in [-0.3, -0.25) is 0 Å². The first-order chi connectivity index (χ1) is 14.7.